The van der Waals surface area contributed by atoms with Crippen molar-refractivity contribution in [3.05, 3.63) is 51.9 Å². The lowest BCUT2D eigenvalue weighted by Gasteiger charge is -2.33. The number of nitrogens with one attached hydrogen (secondary N) is 1. The van der Waals surface area contributed by atoms with Gasteiger partial charge >= 0.3 is 11.8 Å². The second kappa shape index (κ2) is 8.02. The van der Waals surface area contributed by atoms with Crippen LogP contribution in [-0.4, -0.2) is 53.7 Å². The average Bonchev–Trinajstić information content (AvgIpc) is 3.09. The number of aryl methyl sites for hydroxylation is 1. The number of furan rings is 1. The lowest BCUT2D eigenvalue weighted by molar-refractivity contribution is -0.144. The van der Waals surface area contributed by atoms with Gasteiger partial charge in [-0.3, -0.25) is 14.4 Å². The Morgan fingerprint density at radius 2 is 1.67 bits per heavy atom. The molecule has 1 aromatic carbocycles. The van der Waals surface area contributed by atoms with Crippen LogP contribution in [0.5, 0.6) is 0 Å². The number of carbonyl (C=O) groups excluding carboxylic acids is 3. The van der Waals surface area contributed by atoms with Crippen molar-refractivity contribution in [2.75, 3.05) is 31.5 Å². The fraction of sp³-hybridized carbons (Fsp3) is 0.278. The number of hydrogen-bond acceptors (Lipinski definition) is 4. The Kier molecular flexibility index (Phi) is 5.72. The number of hydrogen-bond donors (Lipinski definition) is 1. The highest BCUT2D eigenvalue weighted by atomic mass is 35.5. The number of piperazine rings is 1. The maximum Gasteiger partial charge on any atom is 0.313 e. The highest BCUT2D eigenvalue weighted by Gasteiger charge is 2.29. The van der Waals surface area contributed by atoms with E-state index in [9.17, 15) is 14.4 Å². The summed E-state index contributed by atoms with van der Waals surface area (Å²) >= 11 is 11.8. The molecule has 0 radical (unpaired) electrons. The van der Waals surface area contributed by atoms with E-state index in [0.717, 1.165) is 0 Å². The van der Waals surface area contributed by atoms with E-state index >= 15 is 0 Å². The van der Waals surface area contributed by atoms with Gasteiger partial charge < -0.3 is 19.5 Å². The third-order valence-corrected chi connectivity index (χ3v) is 4.73. The maximum absolute atomic E-state index is 12.4. The number of nitrogens with zero attached hydrogens (tertiary/aromatic N) is 2. The van der Waals surface area contributed by atoms with Crippen LogP contribution in [0.15, 0.2) is 34.7 Å². The molecule has 2 aromatic rings. The highest BCUT2D eigenvalue weighted by molar-refractivity contribution is 6.42. The molecular formula is C18H17Cl2N3O4. The number of benzene rings is 1. The largest absolute Gasteiger partial charge is 0.456 e. The predicted molar refractivity (Wildman–Crippen MR) is 101 cm³/mol. The Morgan fingerprint density at radius 3 is 2.26 bits per heavy atom. The van der Waals surface area contributed by atoms with Crippen LogP contribution in [0.4, 0.5) is 5.69 Å². The predicted octanol–water partition coefficient (Wildman–Crippen LogP) is 2.82. The van der Waals surface area contributed by atoms with E-state index < -0.39 is 11.8 Å². The van der Waals surface area contributed by atoms with Crippen molar-refractivity contribution >= 4 is 46.6 Å². The van der Waals surface area contributed by atoms with Crippen LogP contribution < -0.4 is 5.32 Å². The third-order valence-electron chi connectivity index (χ3n) is 4.18. The summed E-state index contributed by atoms with van der Waals surface area (Å²) in [5.74, 6) is -0.776. The summed E-state index contributed by atoms with van der Waals surface area (Å²) in [5.41, 5.74) is 0.307. The molecule has 142 valence electrons. The smallest absolute Gasteiger partial charge is 0.313 e. The van der Waals surface area contributed by atoms with Crippen molar-refractivity contribution in [3.8, 4) is 0 Å². The fourth-order valence-corrected chi connectivity index (χ4v) is 3.18. The molecule has 1 aliphatic rings. The minimum absolute atomic E-state index is 0.229. The second-order valence-electron chi connectivity index (χ2n) is 6.07. The van der Waals surface area contributed by atoms with Gasteiger partial charge in [0.05, 0.1) is 10.7 Å². The molecule has 9 heteroatoms. The fourth-order valence-electron chi connectivity index (χ4n) is 2.73. The zero-order valence-corrected chi connectivity index (χ0v) is 16.0. The molecule has 1 fully saturated rings. The van der Waals surface area contributed by atoms with Crippen molar-refractivity contribution in [2.45, 2.75) is 6.92 Å². The average molecular weight is 410 g/mol. The van der Waals surface area contributed by atoms with Crippen molar-refractivity contribution in [1.29, 1.82) is 0 Å². The topological polar surface area (TPSA) is 82.9 Å². The van der Waals surface area contributed by atoms with Gasteiger partial charge in [-0.2, -0.15) is 0 Å². The van der Waals surface area contributed by atoms with E-state index in [0.29, 0.717) is 29.6 Å². The first-order valence-corrected chi connectivity index (χ1v) is 9.02. The maximum atomic E-state index is 12.4. The van der Waals surface area contributed by atoms with Gasteiger partial charge in [0.25, 0.3) is 5.91 Å². The molecule has 1 N–H and O–H groups in total. The zero-order valence-electron chi connectivity index (χ0n) is 14.5. The minimum atomic E-state index is -0.791. The second-order valence-corrected chi connectivity index (χ2v) is 6.92. The molecule has 0 unspecified atom stereocenters. The first kappa shape index (κ1) is 19.3. The number of amides is 3. The quantitative estimate of drug-likeness (QED) is 0.772. The van der Waals surface area contributed by atoms with Gasteiger partial charge in [0, 0.05) is 31.2 Å². The normalized spacial score (nSPS) is 14.2. The molecule has 3 rings (SSSR count). The van der Waals surface area contributed by atoms with Crippen LogP contribution in [0.25, 0.3) is 0 Å². The van der Waals surface area contributed by atoms with Gasteiger partial charge in [0.1, 0.15) is 5.76 Å². The van der Waals surface area contributed by atoms with E-state index in [1.54, 1.807) is 30.0 Å². The van der Waals surface area contributed by atoms with Gasteiger partial charge in [-0.25, -0.2) is 0 Å². The molecule has 2 heterocycles. The molecule has 7 nitrogen and oxygen atoms in total. The number of carbonyl (C=O) groups is 3. The van der Waals surface area contributed by atoms with E-state index in [2.05, 4.69) is 5.32 Å². The summed E-state index contributed by atoms with van der Waals surface area (Å²) in [7, 11) is 0. The Labute approximate surface area is 165 Å². The summed E-state index contributed by atoms with van der Waals surface area (Å²) < 4.78 is 5.34. The zero-order chi connectivity index (χ0) is 19.6. The van der Waals surface area contributed by atoms with Crippen LogP contribution in [-0.2, 0) is 9.59 Å². The molecule has 0 saturated carbocycles. The minimum Gasteiger partial charge on any atom is -0.456 e. The lowest BCUT2D eigenvalue weighted by Crippen LogP contribution is -2.53. The lowest BCUT2D eigenvalue weighted by atomic mass is 10.2. The third kappa shape index (κ3) is 4.43. The van der Waals surface area contributed by atoms with E-state index in [4.69, 9.17) is 27.6 Å². The molecule has 0 atom stereocenters. The molecule has 1 aliphatic heterocycles. The molecule has 0 bridgehead atoms. The first-order valence-electron chi connectivity index (χ1n) is 8.26. The number of rotatable bonds is 2. The molecule has 0 spiro atoms. The number of halogens is 2. The molecular weight excluding hydrogens is 393 g/mol. The van der Waals surface area contributed by atoms with Crippen molar-refractivity contribution in [1.82, 2.24) is 9.80 Å². The Bertz CT molecular complexity index is 888. The Hall–Kier alpha value is -2.51. The van der Waals surface area contributed by atoms with E-state index in [1.807, 2.05) is 0 Å². The summed E-state index contributed by atoms with van der Waals surface area (Å²) in [6, 6.07) is 7.91. The number of anilines is 1. The van der Waals surface area contributed by atoms with Crippen LogP contribution in [0, 0.1) is 6.92 Å². The molecule has 3 amide bonds. The Morgan fingerprint density at radius 1 is 1.00 bits per heavy atom. The van der Waals surface area contributed by atoms with Crippen LogP contribution in [0.3, 0.4) is 0 Å². The summed E-state index contributed by atoms with van der Waals surface area (Å²) in [5, 5.41) is 3.15. The van der Waals surface area contributed by atoms with Crippen LogP contribution in [0.1, 0.15) is 16.3 Å². The van der Waals surface area contributed by atoms with Gasteiger partial charge in [-0.15, -0.1) is 0 Å². The van der Waals surface area contributed by atoms with Crippen molar-refractivity contribution in [3.63, 3.8) is 0 Å². The van der Waals surface area contributed by atoms with E-state index in [-0.39, 0.29) is 29.8 Å². The highest BCUT2D eigenvalue weighted by Crippen LogP contribution is 2.25. The van der Waals surface area contributed by atoms with Crippen molar-refractivity contribution < 1.29 is 18.8 Å². The van der Waals surface area contributed by atoms with Gasteiger partial charge in [0.2, 0.25) is 0 Å². The first-order chi connectivity index (χ1) is 12.8. The van der Waals surface area contributed by atoms with Crippen LogP contribution >= 0.6 is 23.2 Å². The monoisotopic (exact) mass is 409 g/mol. The molecule has 0 aliphatic carbocycles. The van der Waals surface area contributed by atoms with Gasteiger partial charge in [0.15, 0.2) is 5.76 Å². The van der Waals surface area contributed by atoms with Crippen molar-refractivity contribution in [2.24, 2.45) is 0 Å². The Balaban J connectivity index is 1.56. The molecule has 1 saturated heterocycles. The molecule has 1 aromatic heterocycles. The van der Waals surface area contributed by atoms with Gasteiger partial charge in [-0.05, 0) is 37.3 Å². The SMILES string of the molecule is Cc1ccc(C(=O)N2CCN(C(=O)C(=O)Nc3ccc(Cl)cc3Cl)CC2)o1. The standard InChI is InChI=1S/C18H17Cl2N3O4/c1-11-2-5-15(27-11)17(25)22-6-8-23(9-7-22)18(26)16(24)21-14-4-3-12(19)10-13(14)20/h2-5,10H,6-9H2,1H3,(H,21,24). The van der Waals surface area contributed by atoms with E-state index in [1.165, 1.54) is 17.0 Å². The summed E-state index contributed by atoms with van der Waals surface area (Å²) in [6.07, 6.45) is 0. The van der Waals surface area contributed by atoms with Crippen LogP contribution in [0.2, 0.25) is 10.0 Å². The van der Waals surface area contributed by atoms with Gasteiger partial charge in [-0.1, -0.05) is 23.2 Å². The summed E-state index contributed by atoms with van der Waals surface area (Å²) in [4.78, 5) is 39.9. The molecule has 27 heavy (non-hydrogen) atoms. The summed E-state index contributed by atoms with van der Waals surface area (Å²) in [6.45, 7) is 2.91.